The fraction of sp³-hybridized carbons (Fsp3) is 0.647. The lowest BCUT2D eigenvalue weighted by atomic mass is 9.74. The largest absolute Gasteiger partial charge is 0.396 e. The Labute approximate surface area is 130 Å². The van der Waals surface area contributed by atoms with E-state index in [9.17, 15) is 9.50 Å². The Morgan fingerprint density at radius 2 is 2.10 bits per heavy atom. The second-order valence-corrected chi connectivity index (χ2v) is 7.55. The normalized spacial score (nSPS) is 24.6. The summed E-state index contributed by atoms with van der Waals surface area (Å²) in [4.78, 5) is 0.808. The molecule has 4 heteroatoms. The Kier molecular flexibility index (Phi) is 4.87. The number of rotatable bonds is 4. The van der Waals surface area contributed by atoms with E-state index in [1.165, 1.54) is 19.3 Å². The summed E-state index contributed by atoms with van der Waals surface area (Å²) in [6.45, 7) is 1.10. The number of aliphatic hydroxyl groups excluding tert-OH is 1. The van der Waals surface area contributed by atoms with Crippen molar-refractivity contribution < 1.29 is 9.50 Å². The lowest BCUT2D eigenvalue weighted by Crippen LogP contribution is -2.41. The van der Waals surface area contributed by atoms with E-state index in [1.54, 1.807) is 23.9 Å². The number of hydrogen-bond acceptors (Lipinski definition) is 3. The highest BCUT2D eigenvalue weighted by molar-refractivity contribution is 7.99. The first-order chi connectivity index (χ1) is 10.2. The van der Waals surface area contributed by atoms with Gasteiger partial charge in [-0.1, -0.05) is 31.4 Å². The number of hydrogen-bond donors (Lipinski definition) is 2. The van der Waals surface area contributed by atoms with Gasteiger partial charge in [0.05, 0.1) is 0 Å². The molecule has 1 unspecified atom stereocenters. The molecule has 21 heavy (non-hydrogen) atoms. The first kappa shape index (κ1) is 15.3. The van der Waals surface area contributed by atoms with Crippen LogP contribution in [0.1, 0.15) is 50.1 Å². The van der Waals surface area contributed by atoms with Gasteiger partial charge in [0.1, 0.15) is 5.82 Å². The minimum atomic E-state index is -0.0986. The Bertz CT molecular complexity index is 488. The van der Waals surface area contributed by atoms with Gasteiger partial charge < -0.3 is 10.4 Å². The van der Waals surface area contributed by atoms with Gasteiger partial charge in [0.2, 0.25) is 0 Å². The fourth-order valence-corrected chi connectivity index (χ4v) is 4.77. The van der Waals surface area contributed by atoms with Gasteiger partial charge in [0.15, 0.2) is 0 Å². The summed E-state index contributed by atoms with van der Waals surface area (Å²) in [6.07, 6.45) is 6.96. The highest BCUT2D eigenvalue weighted by atomic mass is 32.2. The number of thioether (sulfide) groups is 1. The zero-order chi connectivity index (χ0) is 14.7. The number of aliphatic hydroxyl groups is 1. The Morgan fingerprint density at radius 1 is 1.29 bits per heavy atom. The summed E-state index contributed by atoms with van der Waals surface area (Å²) in [5.74, 6) is 0.858. The second kappa shape index (κ2) is 6.67. The van der Waals surface area contributed by atoms with E-state index in [4.69, 9.17) is 0 Å². The molecule has 1 aromatic rings. The maximum absolute atomic E-state index is 13.9. The zero-order valence-corrected chi connectivity index (χ0v) is 13.2. The van der Waals surface area contributed by atoms with Crippen molar-refractivity contribution in [2.24, 2.45) is 5.41 Å². The van der Waals surface area contributed by atoms with Gasteiger partial charge in [-0.05, 0) is 36.6 Å². The molecule has 0 saturated heterocycles. The van der Waals surface area contributed by atoms with Gasteiger partial charge in [-0.25, -0.2) is 4.39 Å². The van der Waals surface area contributed by atoms with E-state index in [-0.39, 0.29) is 23.9 Å². The molecule has 0 aromatic heterocycles. The number of fused-ring (bicyclic) bond motifs is 1. The van der Waals surface area contributed by atoms with Crippen LogP contribution in [0, 0.1) is 11.2 Å². The molecular formula is C17H24FNOS. The summed E-state index contributed by atoms with van der Waals surface area (Å²) >= 11 is 1.62. The van der Waals surface area contributed by atoms with E-state index >= 15 is 0 Å². The van der Waals surface area contributed by atoms with Crippen molar-refractivity contribution in [2.75, 3.05) is 18.9 Å². The molecule has 2 aliphatic rings. The molecule has 1 aliphatic carbocycles. The average molecular weight is 309 g/mol. The van der Waals surface area contributed by atoms with E-state index in [0.29, 0.717) is 0 Å². The molecular weight excluding hydrogens is 285 g/mol. The predicted octanol–water partition coefficient (Wildman–Crippen LogP) is 3.90. The van der Waals surface area contributed by atoms with Gasteiger partial charge in [0, 0.05) is 29.5 Å². The molecule has 1 heterocycles. The third kappa shape index (κ3) is 3.27. The first-order valence-corrected chi connectivity index (χ1v) is 8.98. The summed E-state index contributed by atoms with van der Waals surface area (Å²) in [6, 6.07) is 5.61. The Morgan fingerprint density at radius 3 is 2.86 bits per heavy atom. The van der Waals surface area contributed by atoms with Crippen LogP contribution in [0.2, 0.25) is 0 Å². The van der Waals surface area contributed by atoms with Gasteiger partial charge in [-0.15, -0.1) is 11.8 Å². The molecule has 0 radical (unpaired) electrons. The van der Waals surface area contributed by atoms with E-state index in [2.05, 4.69) is 5.32 Å². The first-order valence-electron chi connectivity index (χ1n) is 8.00. The van der Waals surface area contributed by atoms with Crippen LogP contribution < -0.4 is 5.32 Å². The average Bonchev–Trinajstić information content (AvgIpc) is 2.54. The lowest BCUT2D eigenvalue weighted by Gasteiger charge is -2.38. The third-order valence-electron chi connectivity index (χ3n) is 5.00. The van der Waals surface area contributed by atoms with Crippen molar-refractivity contribution >= 4 is 11.8 Å². The van der Waals surface area contributed by atoms with E-state index in [0.717, 1.165) is 42.0 Å². The molecule has 0 amide bonds. The fourth-order valence-electron chi connectivity index (χ4n) is 3.63. The topological polar surface area (TPSA) is 32.3 Å². The minimum absolute atomic E-state index is 0.0380. The quantitative estimate of drug-likeness (QED) is 0.885. The number of benzene rings is 1. The van der Waals surface area contributed by atoms with Crippen molar-refractivity contribution in [3.05, 3.63) is 29.6 Å². The molecule has 1 aromatic carbocycles. The van der Waals surface area contributed by atoms with Crippen LogP contribution in [0.15, 0.2) is 23.1 Å². The van der Waals surface area contributed by atoms with Crippen LogP contribution in [-0.2, 0) is 0 Å². The van der Waals surface area contributed by atoms with Gasteiger partial charge in [-0.2, -0.15) is 0 Å². The summed E-state index contributed by atoms with van der Waals surface area (Å²) < 4.78 is 13.9. The molecule has 2 N–H and O–H groups in total. The maximum Gasteiger partial charge on any atom is 0.137 e. The van der Waals surface area contributed by atoms with Gasteiger partial charge >= 0.3 is 0 Å². The molecule has 0 spiro atoms. The predicted molar refractivity (Wildman–Crippen MR) is 85.1 cm³/mol. The zero-order valence-electron chi connectivity index (χ0n) is 12.4. The summed E-state index contributed by atoms with van der Waals surface area (Å²) in [5, 5.41) is 13.4. The van der Waals surface area contributed by atoms with Crippen LogP contribution in [0.4, 0.5) is 4.39 Å². The highest BCUT2D eigenvalue weighted by Gasteiger charge is 2.33. The number of halogens is 1. The van der Waals surface area contributed by atoms with Gasteiger partial charge in [0.25, 0.3) is 0 Å². The molecule has 0 bridgehead atoms. The van der Waals surface area contributed by atoms with Crippen LogP contribution in [0.5, 0.6) is 0 Å². The number of nitrogens with one attached hydrogen (secondary N) is 1. The van der Waals surface area contributed by atoms with Crippen molar-refractivity contribution in [3.63, 3.8) is 0 Å². The van der Waals surface area contributed by atoms with Crippen LogP contribution >= 0.6 is 11.8 Å². The molecule has 1 fully saturated rings. The molecule has 3 rings (SSSR count). The van der Waals surface area contributed by atoms with E-state index < -0.39 is 0 Å². The van der Waals surface area contributed by atoms with Crippen molar-refractivity contribution in [1.82, 2.24) is 5.32 Å². The standard InChI is InChI=1S/C17H24FNOS/c18-14-6-4-5-13-15(7-10-21-16(13)14)19-11-17(12-20)8-2-1-3-9-17/h4-6,15,19-20H,1-3,7-12H2. The molecule has 2 nitrogen and oxygen atoms in total. The minimum Gasteiger partial charge on any atom is -0.396 e. The Hall–Kier alpha value is -0.580. The Balaban J connectivity index is 1.70. The summed E-state index contributed by atoms with van der Waals surface area (Å²) in [7, 11) is 0. The van der Waals surface area contributed by atoms with E-state index in [1.807, 2.05) is 6.07 Å². The maximum atomic E-state index is 13.9. The highest BCUT2D eigenvalue weighted by Crippen LogP contribution is 2.40. The van der Waals surface area contributed by atoms with Crippen molar-refractivity contribution in [3.8, 4) is 0 Å². The second-order valence-electron chi connectivity index (χ2n) is 6.45. The van der Waals surface area contributed by atoms with Crippen LogP contribution in [0.3, 0.4) is 0 Å². The lowest BCUT2D eigenvalue weighted by molar-refractivity contribution is 0.0779. The smallest absolute Gasteiger partial charge is 0.137 e. The van der Waals surface area contributed by atoms with Crippen LogP contribution in [-0.4, -0.2) is 24.0 Å². The van der Waals surface area contributed by atoms with Crippen molar-refractivity contribution in [2.45, 2.75) is 49.5 Å². The monoisotopic (exact) mass is 309 g/mol. The molecule has 116 valence electrons. The molecule has 1 saturated carbocycles. The third-order valence-corrected chi connectivity index (χ3v) is 6.16. The summed E-state index contributed by atoms with van der Waals surface area (Å²) in [5.41, 5.74) is 1.13. The van der Waals surface area contributed by atoms with Gasteiger partial charge in [-0.3, -0.25) is 0 Å². The SMILES string of the molecule is OCC1(CNC2CCSc3c(F)cccc32)CCCCC1. The van der Waals surface area contributed by atoms with Crippen LogP contribution in [0.25, 0.3) is 0 Å². The molecule has 1 atom stereocenters. The molecule has 1 aliphatic heterocycles. The van der Waals surface area contributed by atoms with Crippen molar-refractivity contribution in [1.29, 1.82) is 0 Å².